The van der Waals surface area contributed by atoms with Crippen molar-refractivity contribution < 1.29 is 9.21 Å². The highest BCUT2D eigenvalue weighted by Gasteiger charge is 2.35. The molecule has 0 bridgehead atoms. The van der Waals surface area contributed by atoms with Gasteiger partial charge in [0.25, 0.3) is 5.91 Å². The molecule has 0 fully saturated rings. The maximum Gasteiger partial charge on any atom is 0.258 e. The maximum absolute atomic E-state index is 13.1. The van der Waals surface area contributed by atoms with E-state index in [0.29, 0.717) is 12.1 Å². The number of fused-ring (bicyclic) bond motifs is 1. The molecule has 0 unspecified atom stereocenters. The van der Waals surface area contributed by atoms with Gasteiger partial charge in [-0.3, -0.25) is 4.79 Å². The number of carbonyl (C=O) groups is 1. The maximum atomic E-state index is 13.1. The number of para-hydroxylation sites is 1. The van der Waals surface area contributed by atoms with Gasteiger partial charge in [-0.25, -0.2) is 4.98 Å². The summed E-state index contributed by atoms with van der Waals surface area (Å²) in [7, 11) is 0. The van der Waals surface area contributed by atoms with Gasteiger partial charge in [0, 0.05) is 24.6 Å². The van der Waals surface area contributed by atoms with Crippen LogP contribution in [0.15, 0.2) is 59.5 Å². The molecule has 0 radical (unpaired) electrons. The summed E-state index contributed by atoms with van der Waals surface area (Å²) in [4.78, 5) is 19.3. The average Bonchev–Trinajstić information content (AvgIpc) is 3.28. The van der Waals surface area contributed by atoms with Crippen LogP contribution < -0.4 is 5.32 Å². The number of nitrogens with zero attached hydrogens (tertiary/aromatic N) is 3. The molecule has 1 atom stereocenters. The van der Waals surface area contributed by atoms with Gasteiger partial charge in [-0.15, -0.1) is 0 Å². The number of aromatic nitrogens is 2. The number of imidazole rings is 1. The molecule has 0 saturated carbocycles. The van der Waals surface area contributed by atoms with Crippen LogP contribution in [0, 0.1) is 0 Å². The second-order valence-electron chi connectivity index (χ2n) is 5.68. The third-order valence-electron chi connectivity index (χ3n) is 4.26. The molecule has 1 aliphatic rings. The molecule has 6 heteroatoms. The highest BCUT2D eigenvalue weighted by atomic mass is 16.3. The van der Waals surface area contributed by atoms with Gasteiger partial charge in [-0.1, -0.05) is 12.1 Å². The number of hydrogen-bond acceptors (Lipinski definition) is 4. The van der Waals surface area contributed by atoms with Gasteiger partial charge in [0.15, 0.2) is 12.0 Å². The Morgan fingerprint density at radius 1 is 1.25 bits per heavy atom. The summed E-state index contributed by atoms with van der Waals surface area (Å²) in [6.45, 7) is 3.23. The average molecular weight is 322 g/mol. The first-order chi connectivity index (χ1) is 11.8. The number of anilines is 1. The molecular formula is C18H18N4O2. The fourth-order valence-electron chi connectivity index (χ4n) is 3.07. The van der Waals surface area contributed by atoms with E-state index in [4.69, 9.17) is 4.42 Å². The van der Waals surface area contributed by atoms with Crippen LogP contribution in [0.4, 0.5) is 5.69 Å². The summed E-state index contributed by atoms with van der Waals surface area (Å²) in [6.07, 6.45) is 4.96. The molecule has 1 amide bonds. The zero-order valence-corrected chi connectivity index (χ0v) is 13.3. The van der Waals surface area contributed by atoms with Crippen molar-refractivity contribution in [1.82, 2.24) is 14.5 Å². The van der Waals surface area contributed by atoms with Crippen LogP contribution in [0.5, 0.6) is 0 Å². The zero-order chi connectivity index (χ0) is 16.5. The van der Waals surface area contributed by atoms with Crippen molar-refractivity contribution in [2.24, 2.45) is 0 Å². The Hall–Kier alpha value is -3.02. The third kappa shape index (κ3) is 2.36. The molecule has 6 nitrogen and oxygen atoms in total. The molecule has 0 aliphatic carbocycles. The lowest BCUT2D eigenvalue weighted by Crippen LogP contribution is -2.43. The highest BCUT2D eigenvalue weighted by Crippen LogP contribution is 2.33. The predicted octanol–water partition coefficient (Wildman–Crippen LogP) is 3.26. The van der Waals surface area contributed by atoms with Crippen molar-refractivity contribution in [3.05, 3.63) is 72.2 Å². The second-order valence-corrected chi connectivity index (χ2v) is 5.68. The van der Waals surface area contributed by atoms with E-state index in [1.54, 1.807) is 17.4 Å². The topological polar surface area (TPSA) is 63.3 Å². The number of aryl methyl sites for hydroxylation is 1. The standard InChI is InChI=1S/C18H18N4O2/c1-2-21-10-9-19-16(21)17-20-15-8-4-3-7-14(15)18(23)22(17)12-13-6-5-11-24-13/h3-11,17,20H,2,12H2,1H3/t17-/m1/s1. The quantitative estimate of drug-likeness (QED) is 0.801. The summed E-state index contributed by atoms with van der Waals surface area (Å²) in [5.74, 6) is 1.52. The molecule has 1 aromatic carbocycles. The Labute approximate surface area is 139 Å². The van der Waals surface area contributed by atoms with Crippen molar-refractivity contribution in [1.29, 1.82) is 0 Å². The van der Waals surface area contributed by atoms with Gasteiger partial charge in [0.2, 0.25) is 0 Å². The summed E-state index contributed by atoms with van der Waals surface area (Å²) in [5.41, 5.74) is 1.49. The van der Waals surface area contributed by atoms with Crippen LogP contribution in [0.1, 0.15) is 35.0 Å². The van der Waals surface area contributed by atoms with Crippen molar-refractivity contribution in [3.8, 4) is 0 Å². The van der Waals surface area contributed by atoms with Crippen LogP contribution in [0.2, 0.25) is 0 Å². The van der Waals surface area contributed by atoms with Gasteiger partial charge in [0.05, 0.1) is 18.4 Å². The van der Waals surface area contributed by atoms with E-state index in [0.717, 1.165) is 23.8 Å². The molecule has 3 aromatic rings. The Balaban J connectivity index is 1.78. The number of furan rings is 1. The fourth-order valence-corrected chi connectivity index (χ4v) is 3.07. The number of hydrogen-bond donors (Lipinski definition) is 1. The molecular weight excluding hydrogens is 304 g/mol. The van der Waals surface area contributed by atoms with Gasteiger partial charge in [-0.05, 0) is 31.2 Å². The summed E-state index contributed by atoms with van der Waals surface area (Å²) < 4.78 is 7.48. The third-order valence-corrected chi connectivity index (χ3v) is 4.26. The van der Waals surface area contributed by atoms with Crippen LogP contribution in [0.3, 0.4) is 0 Å². The van der Waals surface area contributed by atoms with Crippen molar-refractivity contribution in [2.45, 2.75) is 26.2 Å². The zero-order valence-electron chi connectivity index (χ0n) is 13.3. The van der Waals surface area contributed by atoms with E-state index >= 15 is 0 Å². The van der Waals surface area contributed by atoms with Crippen LogP contribution in [-0.4, -0.2) is 20.4 Å². The summed E-state index contributed by atoms with van der Waals surface area (Å²) >= 11 is 0. The van der Waals surface area contributed by atoms with Crippen LogP contribution >= 0.6 is 0 Å². The lowest BCUT2D eigenvalue weighted by atomic mass is 10.1. The molecule has 122 valence electrons. The first-order valence-corrected chi connectivity index (χ1v) is 7.98. The minimum Gasteiger partial charge on any atom is -0.467 e. The van der Waals surface area contributed by atoms with Crippen LogP contribution in [-0.2, 0) is 13.1 Å². The van der Waals surface area contributed by atoms with Crippen molar-refractivity contribution >= 4 is 11.6 Å². The van der Waals surface area contributed by atoms with E-state index in [1.165, 1.54) is 0 Å². The van der Waals surface area contributed by atoms with Gasteiger partial charge in [-0.2, -0.15) is 0 Å². The van der Waals surface area contributed by atoms with Crippen LogP contribution in [0.25, 0.3) is 0 Å². The summed E-state index contributed by atoms with van der Waals surface area (Å²) in [5, 5.41) is 3.45. The van der Waals surface area contributed by atoms with E-state index in [9.17, 15) is 4.79 Å². The lowest BCUT2D eigenvalue weighted by molar-refractivity contribution is 0.0640. The molecule has 0 spiro atoms. The molecule has 3 heterocycles. The molecule has 1 N–H and O–H groups in total. The molecule has 1 aliphatic heterocycles. The SMILES string of the molecule is CCn1ccnc1[C@@H]1Nc2ccccc2C(=O)N1Cc1ccco1. The first kappa shape index (κ1) is 14.6. The van der Waals surface area contributed by atoms with Crippen molar-refractivity contribution in [2.75, 3.05) is 5.32 Å². The van der Waals surface area contributed by atoms with E-state index < -0.39 is 0 Å². The van der Waals surface area contributed by atoms with Gasteiger partial charge < -0.3 is 19.2 Å². The number of rotatable bonds is 4. The van der Waals surface area contributed by atoms with E-state index in [-0.39, 0.29) is 12.1 Å². The molecule has 24 heavy (non-hydrogen) atoms. The van der Waals surface area contributed by atoms with E-state index in [1.807, 2.05) is 47.2 Å². The number of carbonyl (C=O) groups excluding carboxylic acids is 1. The second kappa shape index (κ2) is 5.88. The summed E-state index contributed by atoms with van der Waals surface area (Å²) in [6, 6.07) is 11.2. The predicted molar refractivity (Wildman–Crippen MR) is 89.3 cm³/mol. The normalized spacial score (nSPS) is 16.8. The minimum atomic E-state index is -0.340. The van der Waals surface area contributed by atoms with Gasteiger partial charge in [0.1, 0.15) is 5.76 Å². The Bertz CT molecular complexity index is 854. The lowest BCUT2D eigenvalue weighted by Gasteiger charge is -2.37. The first-order valence-electron chi connectivity index (χ1n) is 7.98. The van der Waals surface area contributed by atoms with E-state index in [2.05, 4.69) is 17.2 Å². The fraction of sp³-hybridized carbons (Fsp3) is 0.222. The van der Waals surface area contributed by atoms with Crippen molar-refractivity contribution in [3.63, 3.8) is 0 Å². The number of amides is 1. The largest absolute Gasteiger partial charge is 0.467 e. The Morgan fingerprint density at radius 2 is 2.12 bits per heavy atom. The minimum absolute atomic E-state index is 0.0311. The van der Waals surface area contributed by atoms with Gasteiger partial charge >= 0.3 is 0 Å². The monoisotopic (exact) mass is 322 g/mol. The Kier molecular flexibility index (Phi) is 3.57. The number of nitrogens with one attached hydrogen (secondary N) is 1. The smallest absolute Gasteiger partial charge is 0.258 e. The number of benzene rings is 1. The molecule has 4 rings (SSSR count). The Morgan fingerprint density at radius 3 is 2.92 bits per heavy atom. The molecule has 0 saturated heterocycles. The molecule has 2 aromatic heterocycles. The highest BCUT2D eigenvalue weighted by molar-refractivity contribution is 6.01.